The van der Waals surface area contributed by atoms with E-state index in [1.54, 1.807) is 0 Å². The van der Waals surface area contributed by atoms with E-state index in [1.165, 1.54) is 34.5 Å². The molecule has 3 N–H and O–H groups in total. The zero-order chi connectivity index (χ0) is 22.7. The fourth-order valence-corrected chi connectivity index (χ4v) is 4.30. The van der Waals surface area contributed by atoms with Crippen LogP contribution in [0.1, 0.15) is 49.3 Å². The van der Waals surface area contributed by atoms with Crippen molar-refractivity contribution >= 4 is 13.3 Å². The predicted molar refractivity (Wildman–Crippen MR) is 126 cm³/mol. The molecule has 0 atom stereocenters. The van der Waals surface area contributed by atoms with Crippen molar-refractivity contribution in [1.29, 1.82) is 0 Å². The molecule has 0 radical (unpaired) electrons. The molecule has 2 aromatic rings. The Hall–Kier alpha value is -1.72. The quantitative estimate of drug-likeness (QED) is 0.278. The summed E-state index contributed by atoms with van der Waals surface area (Å²) < 4.78 is 23.8. The van der Waals surface area contributed by atoms with Crippen molar-refractivity contribution in [3.05, 3.63) is 65.0 Å². The van der Waals surface area contributed by atoms with Gasteiger partial charge in [0.25, 0.3) is 0 Å². The Morgan fingerprint density at radius 2 is 1.71 bits per heavy atom. The van der Waals surface area contributed by atoms with E-state index in [1.807, 2.05) is 12.1 Å². The number of nitrogens with zero attached hydrogens (tertiary/aromatic N) is 1. The van der Waals surface area contributed by atoms with Gasteiger partial charge in [-0.2, -0.15) is 0 Å². The molecule has 0 unspecified atom stereocenters. The highest BCUT2D eigenvalue weighted by Crippen LogP contribution is 2.34. The highest BCUT2D eigenvalue weighted by atomic mass is 31.2. The number of halogens is 1. The first-order valence-electron chi connectivity index (χ1n) is 11.1. The number of anilines is 1. The highest BCUT2D eigenvalue weighted by Gasteiger charge is 2.11. The minimum absolute atomic E-state index is 0.0761. The Kier molecular flexibility index (Phi) is 10.7. The molecule has 0 bridgehead atoms. The van der Waals surface area contributed by atoms with Gasteiger partial charge < -0.3 is 20.0 Å². The van der Waals surface area contributed by atoms with E-state index < -0.39 is 7.60 Å². The third-order valence-electron chi connectivity index (χ3n) is 5.42. The lowest BCUT2D eigenvalue weighted by Gasteiger charge is -2.25. The standard InChI is InChI=1S/C24H36FN2O3P/c1-3-27(16-6-4-5-8-21-9-12-23(25)13-10-21)24-14-11-22(18-20(24)2)19-26-15-7-17-31(28,29)30/h9-14,18,26H,3-8,15-17,19H2,1-2H3,(H2,28,29,30). The SMILES string of the molecule is CCN(CCCCCc1ccc(F)cc1)c1ccc(CNCCCP(=O)(O)O)cc1C. The van der Waals surface area contributed by atoms with Crippen LogP contribution in [-0.2, 0) is 17.5 Å². The summed E-state index contributed by atoms with van der Waals surface area (Å²) in [4.78, 5) is 20.2. The molecule has 0 heterocycles. The Morgan fingerprint density at radius 1 is 1.00 bits per heavy atom. The molecule has 0 amide bonds. The fourth-order valence-electron chi connectivity index (χ4n) is 3.73. The molecule has 0 aliphatic rings. The number of unbranched alkanes of at least 4 members (excludes halogenated alkanes) is 2. The van der Waals surface area contributed by atoms with Gasteiger partial charge in [-0.1, -0.05) is 30.7 Å². The van der Waals surface area contributed by atoms with Crippen LogP contribution < -0.4 is 10.2 Å². The molecule has 7 heteroatoms. The van der Waals surface area contributed by atoms with E-state index in [9.17, 15) is 8.96 Å². The topological polar surface area (TPSA) is 72.8 Å². The highest BCUT2D eigenvalue weighted by molar-refractivity contribution is 7.51. The summed E-state index contributed by atoms with van der Waals surface area (Å²) in [6, 6.07) is 13.3. The summed E-state index contributed by atoms with van der Waals surface area (Å²) in [5, 5.41) is 3.25. The van der Waals surface area contributed by atoms with E-state index in [4.69, 9.17) is 9.79 Å². The van der Waals surface area contributed by atoms with Gasteiger partial charge in [0.2, 0.25) is 0 Å². The molecule has 2 aromatic carbocycles. The van der Waals surface area contributed by atoms with Gasteiger partial charge in [0.15, 0.2) is 0 Å². The summed E-state index contributed by atoms with van der Waals surface area (Å²) in [5.74, 6) is -0.181. The molecule has 0 saturated carbocycles. The minimum atomic E-state index is -3.90. The van der Waals surface area contributed by atoms with Crippen LogP contribution in [0.5, 0.6) is 0 Å². The van der Waals surface area contributed by atoms with Crippen molar-refractivity contribution in [3.8, 4) is 0 Å². The number of nitrogens with one attached hydrogen (secondary N) is 1. The van der Waals surface area contributed by atoms with E-state index in [2.05, 4.69) is 42.3 Å². The third-order valence-corrected chi connectivity index (χ3v) is 6.32. The third kappa shape index (κ3) is 9.96. The molecule has 0 fully saturated rings. The average Bonchev–Trinajstić information content (AvgIpc) is 2.72. The largest absolute Gasteiger partial charge is 0.372 e. The Morgan fingerprint density at radius 3 is 2.35 bits per heavy atom. The monoisotopic (exact) mass is 450 g/mol. The van der Waals surface area contributed by atoms with Crippen LogP contribution in [0.25, 0.3) is 0 Å². The van der Waals surface area contributed by atoms with E-state index in [0.717, 1.165) is 38.8 Å². The maximum absolute atomic E-state index is 13.0. The molecule has 0 aliphatic carbocycles. The zero-order valence-electron chi connectivity index (χ0n) is 18.7. The molecule has 2 rings (SSSR count). The van der Waals surface area contributed by atoms with E-state index in [0.29, 0.717) is 19.5 Å². The number of benzene rings is 2. The lowest BCUT2D eigenvalue weighted by molar-refractivity contribution is 0.371. The van der Waals surface area contributed by atoms with Crippen molar-refractivity contribution in [2.45, 2.75) is 52.5 Å². The van der Waals surface area contributed by atoms with Gasteiger partial charge in [-0.15, -0.1) is 0 Å². The Balaban J connectivity index is 1.73. The van der Waals surface area contributed by atoms with Gasteiger partial charge in [0, 0.05) is 25.3 Å². The van der Waals surface area contributed by atoms with Crippen LogP contribution in [0.15, 0.2) is 42.5 Å². The molecule has 172 valence electrons. The Labute approximate surface area is 185 Å². The van der Waals surface area contributed by atoms with Gasteiger partial charge in [0.05, 0.1) is 6.16 Å². The second-order valence-corrected chi connectivity index (χ2v) is 9.83. The van der Waals surface area contributed by atoms with Gasteiger partial charge in [-0.3, -0.25) is 4.57 Å². The van der Waals surface area contributed by atoms with Crippen LogP contribution in [0.4, 0.5) is 10.1 Å². The van der Waals surface area contributed by atoms with Crippen molar-refractivity contribution < 1.29 is 18.7 Å². The van der Waals surface area contributed by atoms with Crippen LogP contribution in [-0.4, -0.2) is 35.6 Å². The van der Waals surface area contributed by atoms with Crippen LogP contribution in [0.3, 0.4) is 0 Å². The number of hydrogen-bond acceptors (Lipinski definition) is 3. The molecular weight excluding hydrogens is 414 g/mol. The molecule has 0 aromatic heterocycles. The smallest absolute Gasteiger partial charge is 0.325 e. The number of rotatable bonds is 14. The van der Waals surface area contributed by atoms with Gasteiger partial charge in [0.1, 0.15) is 5.82 Å². The lowest BCUT2D eigenvalue weighted by atomic mass is 10.1. The summed E-state index contributed by atoms with van der Waals surface area (Å²) in [7, 11) is -3.90. The van der Waals surface area contributed by atoms with E-state index in [-0.39, 0.29) is 12.0 Å². The Bertz CT molecular complexity index is 839. The van der Waals surface area contributed by atoms with Crippen molar-refractivity contribution in [3.63, 3.8) is 0 Å². The maximum Gasteiger partial charge on any atom is 0.325 e. The first kappa shape index (κ1) is 25.5. The molecule has 0 aliphatic heterocycles. The molecule has 5 nitrogen and oxygen atoms in total. The summed E-state index contributed by atoms with van der Waals surface area (Å²) in [5.41, 5.74) is 4.86. The van der Waals surface area contributed by atoms with Crippen molar-refractivity contribution in [1.82, 2.24) is 5.32 Å². The second kappa shape index (κ2) is 13.0. The average molecular weight is 451 g/mol. The minimum Gasteiger partial charge on any atom is -0.372 e. The fraction of sp³-hybridized carbons (Fsp3) is 0.500. The van der Waals surface area contributed by atoms with Gasteiger partial charge >= 0.3 is 7.60 Å². The van der Waals surface area contributed by atoms with Gasteiger partial charge in [-0.05, 0) is 81.0 Å². The van der Waals surface area contributed by atoms with Gasteiger partial charge in [-0.25, -0.2) is 4.39 Å². The van der Waals surface area contributed by atoms with Crippen molar-refractivity contribution in [2.75, 3.05) is 30.7 Å². The zero-order valence-corrected chi connectivity index (χ0v) is 19.6. The maximum atomic E-state index is 13.0. The van der Waals surface area contributed by atoms with Crippen LogP contribution in [0, 0.1) is 12.7 Å². The molecule has 31 heavy (non-hydrogen) atoms. The first-order valence-corrected chi connectivity index (χ1v) is 12.9. The molecule has 0 spiro atoms. The molecular formula is C24H36FN2O3P. The molecule has 0 saturated heterocycles. The van der Waals surface area contributed by atoms with Crippen LogP contribution in [0.2, 0.25) is 0 Å². The van der Waals surface area contributed by atoms with Crippen LogP contribution >= 0.6 is 7.60 Å². The predicted octanol–water partition coefficient (Wildman–Crippen LogP) is 5.03. The summed E-state index contributed by atoms with van der Waals surface area (Å²) in [6.45, 7) is 7.56. The lowest BCUT2D eigenvalue weighted by Crippen LogP contribution is -2.25. The summed E-state index contributed by atoms with van der Waals surface area (Å²) in [6.07, 6.45) is 4.75. The van der Waals surface area contributed by atoms with Crippen molar-refractivity contribution in [2.24, 2.45) is 0 Å². The summed E-state index contributed by atoms with van der Waals surface area (Å²) >= 11 is 0. The first-order chi connectivity index (χ1) is 14.8. The normalized spacial score (nSPS) is 11.6. The van der Waals surface area contributed by atoms with E-state index >= 15 is 0 Å². The number of hydrogen-bond donors (Lipinski definition) is 3. The second-order valence-electron chi connectivity index (χ2n) is 8.06. The number of aryl methyl sites for hydroxylation is 2.